The van der Waals surface area contributed by atoms with Gasteiger partial charge in [-0.15, -0.1) is 0 Å². The molecular formula is C7H15NO2S. The second kappa shape index (κ2) is 7.88. The number of carbonyl (C=O) groups excluding carboxylic acids is 1. The van der Waals surface area contributed by atoms with E-state index in [1.807, 2.05) is 6.26 Å². The zero-order valence-electron chi connectivity index (χ0n) is 7.05. The SMILES string of the molecule is CSCCOCCNC(C)=O. The standard InChI is InChI=1S/C7H15NO2S/c1-7(9)8-3-4-10-5-6-11-2/h3-6H2,1-2H3,(H,8,9). The van der Waals surface area contributed by atoms with Crippen LogP contribution in [0.15, 0.2) is 0 Å². The Bertz CT molecular complexity index is 109. The molecule has 0 radical (unpaired) electrons. The van der Waals surface area contributed by atoms with Crippen molar-refractivity contribution < 1.29 is 9.53 Å². The highest BCUT2D eigenvalue weighted by atomic mass is 32.2. The average molecular weight is 177 g/mol. The fourth-order valence-corrected chi connectivity index (χ4v) is 0.828. The van der Waals surface area contributed by atoms with Crippen LogP contribution in [0.4, 0.5) is 0 Å². The quantitative estimate of drug-likeness (QED) is 0.600. The van der Waals surface area contributed by atoms with Gasteiger partial charge in [-0.25, -0.2) is 0 Å². The molecule has 0 bridgehead atoms. The summed E-state index contributed by atoms with van der Waals surface area (Å²) in [7, 11) is 0. The van der Waals surface area contributed by atoms with Gasteiger partial charge in [-0.2, -0.15) is 11.8 Å². The number of hydrogen-bond acceptors (Lipinski definition) is 3. The molecule has 1 N–H and O–H groups in total. The Labute approximate surface area is 71.9 Å². The fraction of sp³-hybridized carbons (Fsp3) is 0.857. The van der Waals surface area contributed by atoms with Gasteiger partial charge in [-0.05, 0) is 6.26 Å². The molecule has 11 heavy (non-hydrogen) atoms. The molecule has 3 nitrogen and oxygen atoms in total. The van der Waals surface area contributed by atoms with Gasteiger partial charge in [0.1, 0.15) is 0 Å². The van der Waals surface area contributed by atoms with E-state index in [4.69, 9.17) is 4.74 Å². The molecule has 0 aliphatic heterocycles. The van der Waals surface area contributed by atoms with E-state index in [1.54, 1.807) is 11.8 Å². The number of carbonyl (C=O) groups is 1. The number of thioether (sulfide) groups is 1. The molecule has 1 amide bonds. The van der Waals surface area contributed by atoms with Gasteiger partial charge in [-0.3, -0.25) is 4.79 Å². The minimum atomic E-state index is -0.00142. The van der Waals surface area contributed by atoms with Crippen LogP contribution >= 0.6 is 11.8 Å². The van der Waals surface area contributed by atoms with Gasteiger partial charge in [0.05, 0.1) is 13.2 Å². The first-order chi connectivity index (χ1) is 5.27. The lowest BCUT2D eigenvalue weighted by molar-refractivity contribution is -0.119. The third kappa shape index (κ3) is 9.78. The Morgan fingerprint density at radius 3 is 2.82 bits per heavy atom. The van der Waals surface area contributed by atoms with Crippen molar-refractivity contribution in [2.75, 3.05) is 31.8 Å². The summed E-state index contributed by atoms with van der Waals surface area (Å²) < 4.78 is 5.19. The molecule has 0 heterocycles. The molecule has 0 aromatic rings. The maximum atomic E-state index is 10.4. The van der Waals surface area contributed by atoms with Crippen LogP contribution in [-0.4, -0.2) is 37.7 Å². The van der Waals surface area contributed by atoms with Crippen LogP contribution < -0.4 is 5.32 Å². The molecule has 0 aliphatic carbocycles. The van der Waals surface area contributed by atoms with Crippen molar-refractivity contribution >= 4 is 17.7 Å². The third-order valence-electron chi connectivity index (χ3n) is 1.05. The lowest BCUT2D eigenvalue weighted by atomic mass is 10.6. The van der Waals surface area contributed by atoms with Gasteiger partial charge in [-0.1, -0.05) is 0 Å². The van der Waals surface area contributed by atoms with E-state index in [0.29, 0.717) is 13.2 Å². The number of nitrogens with one attached hydrogen (secondary N) is 1. The first-order valence-corrected chi connectivity index (χ1v) is 4.98. The van der Waals surface area contributed by atoms with Crippen molar-refractivity contribution in [3.05, 3.63) is 0 Å². The fourth-order valence-electron chi connectivity index (χ4n) is 0.544. The second-order valence-electron chi connectivity index (χ2n) is 2.09. The molecular weight excluding hydrogens is 162 g/mol. The minimum absolute atomic E-state index is 0.00142. The predicted octanol–water partition coefficient (Wildman–Crippen LogP) is 0.502. The number of hydrogen-bond donors (Lipinski definition) is 1. The summed E-state index contributed by atoms with van der Waals surface area (Å²) in [5.41, 5.74) is 0. The largest absolute Gasteiger partial charge is 0.379 e. The second-order valence-corrected chi connectivity index (χ2v) is 3.07. The summed E-state index contributed by atoms with van der Waals surface area (Å²) in [6.07, 6.45) is 2.04. The summed E-state index contributed by atoms with van der Waals surface area (Å²) in [5, 5.41) is 2.65. The Kier molecular flexibility index (Phi) is 7.72. The summed E-state index contributed by atoms with van der Waals surface area (Å²) in [5.74, 6) is 1.01. The van der Waals surface area contributed by atoms with Crippen molar-refractivity contribution in [1.29, 1.82) is 0 Å². The normalized spacial score (nSPS) is 9.64. The molecule has 4 heteroatoms. The number of amides is 1. The van der Waals surface area contributed by atoms with Gasteiger partial charge < -0.3 is 10.1 Å². The molecule has 0 aromatic carbocycles. The van der Waals surface area contributed by atoms with E-state index >= 15 is 0 Å². The molecule has 0 rings (SSSR count). The van der Waals surface area contributed by atoms with Gasteiger partial charge in [0.2, 0.25) is 5.91 Å². The maximum absolute atomic E-state index is 10.4. The zero-order valence-corrected chi connectivity index (χ0v) is 7.87. The van der Waals surface area contributed by atoms with E-state index in [0.717, 1.165) is 12.4 Å². The Hall–Kier alpha value is -0.220. The Balaban J connectivity index is 2.85. The van der Waals surface area contributed by atoms with Crippen LogP contribution in [0.25, 0.3) is 0 Å². The first-order valence-electron chi connectivity index (χ1n) is 3.58. The summed E-state index contributed by atoms with van der Waals surface area (Å²) >= 11 is 1.75. The van der Waals surface area contributed by atoms with E-state index in [2.05, 4.69) is 5.32 Å². The van der Waals surface area contributed by atoms with Crippen molar-refractivity contribution in [3.63, 3.8) is 0 Å². The highest BCUT2D eigenvalue weighted by molar-refractivity contribution is 7.98. The highest BCUT2D eigenvalue weighted by Gasteiger charge is 1.89. The van der Waals surface area contributed by atoms with Crippen molar-refractivity contribution in [3.8, 4) is 0 Å². The third-order valence-corrected chi connectivity index (χ3v) is 1.63. The molecule has 0 spiro atoms. The molecule has 0 atom stereocenters. The smallest absolute Gasteiger partial charge is 0.216 e. The van der Waals surface area contributed by atoms with Gasteiger partial charge in [0.25, 0.3) is 0 Å². The number of rotatable bonds is 6. The van der Waals surface area contributed by atoms with Crippen LogP contribution in [0.5, 0.6) is 0 Å². The van der Waals surface area contributed by atoms with E-state index < -0.39 is 0 Å². The Morgan fingerprint density at radius 2 is 2.27 bits per heavy atom. The van der Waals surface area contributed by atoms with Crippen molar-refractivity contribution in [1.82, 2.24) is 5.32 Å². The molecule has 0 aromatic heterocycles. The maximum Gasteiger partial charge on any atom is 0.216 e. The molecule has 0 unspecified atom stereocenters. The zero-order chi connectivity index (χ0) is 8.53. The molecule has 0 saturated carbocycles. The lowest BCUT2D eigenvalue weighted by Crippen LogP contribution is -2.24. The molecule has 0 saturated heterocycles. The summed E-state index contributed by atoms with van der Waals surface area (Å²) in [4.78, 5) is 10.4. The monoisotopic (exact) mass is 177 g/mol. The average Bonchev–Trinajstić information content (AvgIpc) is 1.96. The van der Waals surface area contributed by atoms with Gasteiger partial charge in [0, 0.05) is 19.2 Å². The van der Waals surface area contributed by atoms with E-state index in [9.17, 15) is 4.79 Å². The van der Waals surface area contributed by atoms with Crippen molar-refractivity contribution in [2.24, 2.45) is 0 Å². The topological polar surface area (TPSA) is 38.3 Å². The van der Waals surface area contributed by atoms with Crippen LogP contribution in [0.3, 0.4) is 0 Å². The highest BCUT2D eigenvalue weighted by Crippen LogP contribution is 1.89. The van der Waals surface area contributed by atoms with Crippen LogP contribution in [-0.2, 0) is 9.53 Å². The van der Waals surface area contributed by atoms with Crippen molar-refractivity contribution in [2.45, 2.75) is 6.92 Å². The van der Waals surface area contributed by atoms with Crippen LogP contribution in [0.2, 0.25) is 0 Å². The van der Waals surface area contributed by atoms with E-state index in [-0.39, 0.29) is 5.91 Å². The lowest BCUT2D eigenvalue weighted by Gasteiger charge is -2.02. The van der Waals surface area contributed by atoms with Gasteiger partial charge in [0.15, 0.2) is 0 Å². The number of ether oxygens (including phenoxy) is 1. The predicted molar refractivity (Wildman–Crippen MR) is 47.9 cm³/mol. The minimum Gasteiger partial charge on any atom is -0.379 e. The molecule has 66 valence electrons. The molecule has 0 fully saturated rings. The summed E-state index contributed by atoms with van der Waals surface area (Å²) in [6, 6.07) is 0. The first kappa shape index (κ1) is 10.8. The van der Waals surface area contributed by atoms with Gasteiger partial charge >= 0.3 is 0 Å². The summed E-state index contributed by atoms with van der Waals surface area (Å²) in [6.45, 7) is 3.49. The Morgan fingerprint density at radius 1 is 1.55 bits per heavy atom. The van der Waals surface area contributed by atoms with Crippen LogP contribution in [0, 0.1) is 0 Å². The van der Waals surface area contributed by atoms with Crippen LogP contribution in [0.1, 0.15) is 6.92 Å². The molecule has 0 aliphatic rings. The van der Waals surface area contributed by atoms with E-state index in [1.165, 1.54) is 6.92 Å².